The first-order chi connectivity index (χ1) is 6.15. The zero-order chi connectivity index (χ0) is 9.84. The van der Waals surface area contributed by atoms with Gasteiger partial charge in [-0.3, -0.25) is 4.68 Å². The zero-order valence-corrected chi connectivity index (χ0v) is 8.58. The van der Waals surface area contributed by atoms with E-state index in [0.717, 1.165) is 6.42 Å². The Morgan fingerprint density at radius 2 is 2.38 bits per heavy atom. The summed E-state index contributed by atoms with van der Waals surface area (Å²) in [7, 11) is 0. The van der Waals surface area contributed by atoms with E-state index in [-0.39, 0.29) is 0 Å². The van der Waals surface area contributed by atoms with Gasteiger partial charge in [0.1, 0.15) is 5.03 Å². The minimum atomic E-state index is -2.45. The minimum Gasteiger partial charge on any atom is -0.257 e. The number of hydrogen-bond acceptors (Lipinski definition) is 2. The van der Waals surface area contributed by atoms with Crippen LogP contribution < -0.4 is 0 Å². The largest absolute Gasteiger partial charge is 0.290 e. The van der Waals surface area contributed by atoms with Crippen LogP contribution in [0.1, 0.15) is 13.3 Å². The number of rotatable bonds is 4. The van der Waals surface area contributed by atoms with Crippen molar-refractivity contribution >= 4 is 23.4 Å². The Hall–Kier alpha value is -0.290. The maximum atomic E-state index is 12.1. The average Bonchev–Trinajstić information content (AvgIpc) is 2.36. The molecule has 0 bridgehead atoms. The number of hydrogen-bond donors (Lipinski definition) is 0. The summed E-state index contributed by atoms with van der Waals surface area (Å²) in [5.74, 6) is -2.45. The quantitative estimate of drug-likeness (QED) is 0.734. The van der Waals surface area contributed by atoms with Crippen LogP contribution in [0.3, 0.4) is 0 Å². The first-order valence-electron chi connectivity index (χ1n) is 3.81. The highest BCUT2D eigenvalue weighted by atomic mass is 35.5. The van der Waals surface area contributed by atoms with Crippen LogP contribution >= 0.6 is 23.4 Å². The van der Waals surface area contributed by atoms with E-state index in [1.165, 1.54) is 10.9 Å². The maximum absolute atomic E-state index is 12.1. The summed E-state index contributed by atoms with van der Waals surface area (Å²) in [4.78, 5) is 0. The molecule has 0 amide bonds. The van der Waals surface area contributed by atoms with Gasteiger partial charge < -0.3 is 0 Å². The number of halogens is 3. The number of thioether (sulfide) groups is 1. The summed E-state index contributed by atoms with van der Waals surface area (Å²) < 4.78 is 25.6. The van der Waals surface area contributed by atoms with Crippen LogP contribution in [0.5, 0.6) is 0 Å². The van der Waals surface area contributed by atoms with E-state index in [2.05, 4.69) is 5.10 Å². The second-order valence-corrected chi connectivity index (χ2v) is 3.79. The van der Waals surface area contributed by atoms with Crippen molar-refractivity contribution in [1.29, 1.82) is 0 Å². The van der Waals surface area contributed by atoms with E-state index in [4.69, 9.17) is 11.6 Å². The molecule has 1 aromatic rings. The Kier molecular flexibility index (Phi) is 3.99. The molecule has 2 nitrogen and oxygen atoms in total. The van der Waals surface area contributed by atoms with Gasteiger partial charge in [0, 0.05) is 6.54 Å². The molecule has 0 unspecified atom stereocenters. The first kappa shape index (κ1) is 10.8. The predicted molar refractivity (Wildman–Crippen MR) is 49.4 cm³/mol. The molecule has 6 heteroatoms. The Balaban J connectivity index is 2.81. The second-order valence-electron chi connectivity index (χ2n) is 2.40. The molecule has 0 saturated carbocycles. The third kappa shape index (κ3) is 2.84. The molecule has 0 spiro atoms. The Morgan fingerprint density at radius 3 is 2.92 bits per heavy atom. The molecule has 74 valence electrons. The number of alkyl halides is 2. The topological polar surface area (TPSA) is 17.8 Å². The van der Waals surface area contributed by atoms with Gasteiger partial charge in [0.05, 0.1) is 11.2 Å². The highest BCUT2D eigenvalue weighted by Crippen LogP contribution is 2.31. The van der Waals surface area contributed by atoms with E-state index in [1.807, 2.05) is 6.92 Å². The fourth-order valence-electron chi connectivity index (χ4n) is 0.924. The van der Waals surface area contributed by atoms with E-state index in [0.29, 0.717) is 28.4 Å². The lowest BCUT2D eigenvalue weighted by atomic mass is 10.5. The molecule has 0 atom stereocenters. The van der Waals surface area contributed by atoms with E-state index in [1.54, 1.807) is 0 Å². The summed E-state index contributed by atoms with van der Waals surface area (Å²) in [5.41, 5.74) is 0. The molecule has 1 heterocycles. The van der Waals surface area contributed by atoms with Gasteiger partial charge in [0.15, 0.2) is 0 Å². The van der Waals surface area contributed by atoms with Gasteiger partial charge in [0.2, 0.25) is 0 Å². The second kappa shape index (κ2) is 4.81. The summed E-state index contributed by atoms with van der Waals surface area (Å²) in [6.07, 6.45) is 2.23. The summed E-state index contributed by atoms with van der Waals surface area (Å²) in [6, 6.07) is 0. The van der Waals surface area contributed by atoms with Gasteiger partial charge in [-0.25, -0.2) is 0 Å². The summed E-state index contributed by atoms with van der Waals surface area (Å²) >= 11 is 6.12. The van der Waals surface area contributed by atoms with Crippen molar-refractivity contribution in [3.63, 3.8) is 0 Å². The van der Waals surface area contributed by atoms with Gasteiger partial charge in [-0.2, -0.15) is 13.9 Å². The van der Waals surface area contributed by atoms with Gasteiger partial charge in [-0.05, 0) is 18.2 Å². The molecule has 0 saturated heterocycles. The van der Waals surface area contributed by atoms with Crippen LogP contribution in [0.25, 0.3) is 0 Å². The van der Waals surface area contributed by atoms with E-state index < -0.39 is 5.76 Å². The molecule has 0 aliphatic carbocycles. The van der Waals surface area contributed by atoms with Gasteiger partial charge in [0.25, 0.3) is 5.76 Å². The lowest BCUT2D eigenvalue weighted by Crippen LogP contribution is -2.01. The molecule has 0 N–H and O–H groups in total. The summed E-state index contributed by atoms with van der Waals surface area (Å²) in [6.45, 7) is 2.56. The van der Waals surface area contributed by atoms with Crippen LogP contribution in [-0.4, -0.2) is 15.5 Å². The van der Waals surface area contributed by atoms with Gasteiger partial charge in [-0.15, -0.1) is 0 Å². The van der Waals surface area contributed by atoms with Crippen molar-refractivity contribution in [2.75, 3.05) is 0 Å². The van der Waals surface area contributed by atoms with Crippen molar-refractivity contribution < 1.29 is 8.78 Å². The van der Waals surface area contributed by atoms with Crippen molar-refractivity contribution in [2.45, 2.75) is 30.7 Å². The monoisotopic (exact) mass is 226 g/mol. The molecule has 0 aliphatic heterocycles. The molecule has 0 aromatic carbocycles. The van der Waals surface area contributed by atoms with Crippen molar-refractivity contribution in [3.05, 3.63) is 11.2 Å². The Morgan fingerprint density at radius 1 is 1.69 bits per heavy atom. The lowest BCUT2D eigenvalue weighted by molar-refractivity contribution is 0.251. The van der Waals surface area contributed by atoms with Crippen LogP contribution in [0.15, 0.2) is 11.2 Å². The summed E-state index contributed by atoms with van der Waals surface area (Å²) in [5, 5.41) is 4.53. The minimum absolute atomic E-state index is 0.291. The van der Waals surface area contributed by atoms with Crippen LogP contribution in [0.2, 0.25) is 5.02 Å². The highest BCUT2D eigenvalue weighted by Gasteiger charge is 2.14. The molecular formula is C7H9ClF2N2S. The van der Waals surface area contributed by atoms with Crippen molar-refractivity contribution in [3.8, 4) is 0 Å². The molecule has 0 aliphatic rings. The van der Waals surface area contributed by atoms with Crippen molar-refractivity contribution in [2.24, 2.45) is 0 Å². The number of nitrogens with zero attached hydrogens (tertiary/aromatic N) is 2. The third-order valence-electron chi connectivity index (χ3n) is 1.39. The van der Waals surface area contributed by atoms with E-state index >= 15 is 0 Å². The van der Waals surface area contributed by atoms with Crippen LogP contribution in [0, 0.1) is 0 Å². The molecule has 13 heavy (non-hydrogen) atoms. The Labute approximate surface area is 84.3 Å². The van der Waals surface area contributed by atoms with Crippen LogP contribution in [-0.2, 0) is 6.54 Å². The maximum Gasteiger partial charge on any atom is 0.290 e. The molecular weight excluding hydrogens is 218 g/mol. The lowest BCUT2D eigenvalue weighted by Gasteiger charge is -2.04. The first-order valence-corrected chi connectivity index (χ1v) is 5.07. The van der Waals surface area contributed by atoms with Gasteiger partial charge in [-0.1, -0.05) is 18.5 Å². The smallest absolute Gasteiger partial charge is 0.257 e. The fourth-order valence-corrected chi connectivity index (χ4v) is 1.79. The van der Waals surface area contributed by atoms with E-state index in [9.17, 15) is 8.78 Å². The van der Waals surface area contributed by atoms with Crippen LogP contribution in [0.4, 0.5) is 8.78 Å². The average molecular weight is 227 g/mol. The normalized spacial score (nSPS) is 11.2. The highest BCUT2D eigenvalue weighted by molar-refractivity contribution is 7.99. The molecule has 1 aromatic heterocycles. The number of aromatic nitrogens is 2. The SMILES string of the molecule is CCCn1ncc(Cl)c1SC(F)F. The molecule has 0 fully saturated rings. The Bertz CT molecular complexity index is 277. The fraction of sp³-hybridized carbons (Fsp3) is 0.571. The third-order valence-corrected chi connectivity index (χ3v) is 2.61. The number of aryl methyl sites for hydroxylation is 1. The van der Waals surface area contributed by atoms with Crippen molar-refractivity contribution in [1.82, 2.24) is 9.78 Å². The van der Waals surface area contributed by atoms with Gasteiger partial charge >= 0.3 is 0 Å². The molecule has 1 rings (SSSR count). The zero-order valence-electron chi connectivity index (χ0n) is 7.01. The molecule has 0 radical (unpaired) electrons. The predicted octanol–water partition coefficient (Wildman–Crippen LogP) is 3.26. The standard InChI is InChI=1S/C7H9ClF2N2S/c1-2-3-12-6(13-7(9)10)5(8)4-11-12/h4,7H,2-3H2,1H3.